The van der Waals surface area contributed by atoms with E-state index in [0.29, 0.717) is 0 Å². The van der Waals surface area contributed by atoms with Gasteiger partial charge in [0.1, 0.15) is 18.1 Å². The van der Waals surface area contributed by atoms with Crippen molar-refractivity contribution in [1.29, 1.82) is 0 Å². The number of aliphatic carboxylic acids is 1. The zero-order chi connectivity index (χ0) is 22.0. The molecule has 0 radical (unpaired) electrons. The molecule has 12 heteroatoms. The summed E-state index contributed by atoms with van der Waals surface area (Å²) in [6.07, 6.45) is -1.55. The number of aliphatic hydroxyl groups is 1. The number of primary amides is 1. The quantitative estimate of drug-likeness (QED) is 0.175. The van der Waals surface area contributed by atoms with Gasteiger partial charge in [-0.25, -0.2) is 4.79 Å². The Morgan fingerprint density at radius 2 is 1.54 bits per heavy atom. The molecule has 160 valence electrons. The third kappa shape index (κ3) is 9.83. The average Bonchev–Trinajstić information content (AvgIpc) is 2.56. The van der Waals surface area contributed by atoms with Crippen LogP contribution in [0.3, 0.4) is 0 Å². The van der Waals surface area contributed by atoms with Crippen LogP contribution in [0.25, 0.3) is 0 Å². The van der Waals surface area contributed by atoms with Crippen molar-refractivity contribution in [2.75, 3.05) is 6.54 Å². The number of hydrogen-bond acceptors (Lipinski definition) is 7. The van der Waals surface area contributed by atoms with Gasteiger partial charge in [-0.2, -0.15) is 0 Å². The fourth-order valence-electron chi connectivity index (χ4n) is 2.13. The summed E-state index contributed by atoms with van der Waals surface area (Å²) < 4.78 is 0. The fraction of sp³-hybridized carbons (Fsp3) is 0.688. The van der Waals surface area contributed by atoms with Crippen LogP contribution in [0.5, 0.6) is 0 Å². The van der Waals surface area contributed by atoms with Crippen molar-refractivity contribution >= 4 is 29.6 Å². The zero-order valence-electron chi connectivity index (χ0n) is 16.1. The molecule has 4 atom stereocenters. The maximum absolute atomic E-state index is 12.2. The van der Waals surface area contributed by atoms with Crippen molar-refractivity contribution in [1.82, 2.24) is 16.0 Å². The van der Waals surface area contributed by atoms with E-state index >= 15 is 0 Å². The first-order valence-corrected chi connectivity index (χ1v) is 8.67. The summed E-state index contributed by atoms with van der Waals surface area (Å²) in [5.41, 5.74) is 10.5. The van der Waals surface area contributed by atoms with E-state index in [1.165, 1.54) is 6.92 Å². The van der Waals surface area contributed by atoms with Crippen LogP contribution in [0.4, 0.5) is 0 Å². The highest BCUT2D eigenvalue weighted by Crippen LogP contribution is 2.04. The summed E-state index contributed by atoms with van der Waals surface area (Å²) in [6, 6.07) is -3.86. The van der Waals surface area contributed by atoms with E-state index in [2.05, 4.69) is 16.0 Å². The highest BCUT2D eigenvalue weighted by atomic mass is 16.4. The molecule has 0 heterocycles. The Morgan fingerprint density at radius 1 is 0.964 bits per heavy atom. The molecule has 0 aliphatic carbocycles. The first kappa shape index (κ1) is 25.3. The number of carbonyl (C=O) groups is 5. The second kappa shape index (κ2) is 11.9. The molecule has 0 saturated heterocycles. The number of aliphatic hydroxyl groups excluding tert-OH is 1. The van der Waals surface area contributed by atoms with Crippen LogP contribution in [-0.2, 0) is 24.0 Å². The summed E-state index contributed by atoms with van der Waals surface area (Å²) in [5.74, 6) is -4.62. The molecule has 0 aliphatic heterocycles. The molecule has 0 fully saturated rings. The van der Waals surface area contributed by atoms with Gasteiger partial charge in [-0.05, 0) is 19.3 Å². The SMILES string of the molecule is CC(C)CC(NC(=O)CNC(=O)C(CC(N)=O)NC(=O)C(N)C(C)O)C(=O)O. The summed E-state index contributed by atoms with van der Waals surface area (Å²) >= 11 is 0. The molecule has 0 aromatic heterocycles. The predicted molar refractivity (Wildman–Crippen MR) is 97.4 cm³/mol. The van der Waals surface area contributed by atoms with Crippen LogP contribution in [0.2, 0.25) is 0 Å². The summed E-state index contributed by atoms with van der Waals surface area (Å²) in [6.45, 7) is 4.28. The summed E-state index contributed by atoms with van der Waals surface area (Å²) in [4.78, 5) is 58.2. The minimum atomic E-state index is -1.41. The Bertz CT molecular complexity index is 594. The Kier molecular flexibility index (Phi) is 10.7. The molecule has 9 N–H and O–H groups in total. The van der Waals surface area contributed by atoms with Crippen LogP contribution >= 0.6 is 0 Å². The Labute approximate surface area is 162 Å². The third-order valence-electron chi connectivity index (χ3n) is 3.62. The number of rotatable bonds is 12. The van der Waals surface area contributed by atoms with Gasteiger partial charge >= 0.3 is 5.97 Å². The van der Waals surface area contributed by atoms with E-state index in [4.69, 9.17) is 16.6 Å². The second-order valence-electron chi connectivity index (χ2n) is 6.80. The van der Waals surface area contributed by atoms with Crippen molar-refractivity contribution in [3.8, 4) is 0 Å². The molecular weight excluding hydrogens is 374 g/mol. The minimum absolute atomic E-state index is 0.0178. The zero-order valence-corrected chi connectivity index (χ0v) is 16.1. The molecule has 0 rings (SSSR count). The van der Waals surface area contributed by atoms with E-state index in [0.717, 1.165) is 0 Å². The molecule has 12 nitrogen and oxygen atoms in total. The van der Waals surface area contributed by atoms with Crippen molar-refractivity contribution in [3.63, 3.8) is 0 Å². The number of hydrogen-bond donors (Lipinski definition) is 7. The van der Waals surface area contributed by atoms with Gasteiger partial charge in [-0.3, -0.25) is 19.2 Å². The lowest BCUT2D eigenvalue weighted by Crippen LogP contribution is -2.56. The van der Waals surface area contributed by atoms with E-state index in [1.807, 2.05) is 0 Å². The average molecular weight is 403 g/mol. The number of carboxylic acid groups (broad SMARTS) is 1. The molecule has 4 amide bonds. The number of amides is 4. The lowest BCUT2D eigenvalue weighted by atomic mass is 10.0. The van der Waals surface area contributed by atoms with Crippen molar-refractivity contribution in [2.45, 2.75) is 57.8 Å². The van der Waals surface area contributed by atoms with Gasteiger partial charge in [0.2, 0.25) is 23.6 Å². The first-order valence-electron chi connectivity index (χ1n) is 8.67. The van der Waals surface area contributed by atoms with E-state index in [-0.39, 0.29) is 12.3 Å². The van der Waals surface area contributed by atoms with Gasteiger partial charge in [0.15, 0.2) is 0 Å². The molecule has 28 heavy (non-hydrogen) atoms. The van der Waals surface area contributed by atoms with Gasteiger partial charge in [-0.15, -0.1) is 0 Å². The lowest BCUT2D eigenvalue weighted by Gasteiger charge is -2.21. The highest BCUT2D eigenvalue weighted by Gasteiger charge is 2.28. The molecule has 4 unspecified atom stereocenters. The van der Waals surface area contributed by atoms with E-state index < -0.39 is 66.8 Å². The minimum Gasteiger partial charge on any atom is -0.480 e. The van der Waals surface area contributed by atoms with Gasteiger partial charge in [0.25, 0.3) is 0 Å². The van der Waals surface area contributed by atoms with Crippen molar-refractivity contribution < 1.29 is 34.2 Å². The normalized spacial score (nSPS) is 15.1. The standard InChI is InChI=1S/C16H29N5O7/c1-7(2)4-10(16(27)28)20-12(24)6-19-14(25)9(5-11(17)23)21-15(26)13(18)8(3)22/h7-10,13,22H,4-6,18H2,1-3H3,(H2,17,23)(H,19,25)(H,20,24)(H,21,26)(H,27,28). The topological polar surface area (TPSA) is 214 Å². The Morgan fingerprint density at radius 3 is 1.96 bits per heavy atom. The van der Waals surface area contributed by atoms with Gasteiger partial charge in [0.05, 0.1) is 19.1 Å². The maximum atomic E-state index is 12.2. The largest absolute Gasteiger partial charge is 0.480 e. The highest BCUT2D eigenvalue weighted by molar-refractivity contribution is 5.95. The van der Waals surface area contributed by atoms with Gasteiger partial charge < -0.3 is 37.6 Å². The monoisotopic (exact) mass is 403 g/mol. The first-order chi connectivity index (χ1) is 12.8. The summed E-state index contributed by atoms with van der Waals surface area (Å²) in [5, 5.41) is 25.0. The molecular formula is C16H29N5O7. The van der Waals surface area contributed by atoms with Crippen LogP contribution in [0.15, 0.2) is 0 Å². The molecule has 0 bridgehead atoms. The van der Waals surface area contributed by atoms with Crippen LogP contribution < -0.4 is 27.4 Å². The van der Waals surface area contributed by atoms with Crippen LogP contribution in [-0.4, -0.2) is 70.6 Å². The molecule has 0 saturated carbocycles. The number of carboxylic acids is 1. The van der Waals surface area contributed by atoms with Crippen LogP contribution in [0.1, 0.15) is 33.6 Å². The number of nitrogens with two attached hydrogens (primary N) is 2. The molecule has 0 aromatic rings. The molecule has 0 aromatic carbocycles. The van der Waals surface area contributed by atoms with Crippen molar-refractivity contribution in [2.24, 2.45) is 17.4 Å². The Hall–Kier alpha value is -2.73. The Balaban J connectivity index is 4.85. The van der Waals surface area contributed by atoms with E-state index in [1.54, 1.807) is 13.8 Å². The maximum Gasteiger partial charge on any atom is 0.326 e. The van der Waals surface area contributed by atoms with Crippen LogP contribution in [0, 0.1) is 5.92 Å². The smallest absolute Gasteiger partial charge is 0.326 e. The number of nitrogens with one attached hydrogen (secondary N) is 3. The van der Waals surface area contributed by atoms with Gasteiger partial charge in [-0.1, -0.05) is 13.8 Å². The van der Waals surface area contributed by atoms with E-state index in [9.17, 15) is 29.1 Å². The summed E-state index contributed by atoms with van der Waals surface area (Å²) in [7, 11) is 0. The number of carbonyl (C=O) groups excluding carboxylic acids is 4. The molecule has 0 aliphatic rings. The molecule has 0 spiro atoms. The van der Waals surface area contributed by atoms with Crippen molar-refractivity contribution in [3.05, 3.63) is 0 Å². The van der Waals surface area contributed by atoms with Gasteiger partial charge in [0, 0.05) is 0 Å². The fourth-order valence-corrected chi connectivity index (χ4v) is 2.13. The predicted octanol–water partition coefficient (Wildman–Crippen LogP) is -3.21. The lowest BCUT2D eigenvalue weighted by molar-refractivity contribution is -0.142. The third-order valence-corrected chi connectivity index (χ3v) is 3.62. The second-order valence-corrected chi connectivity index (χ2v) is 6.80.